The number of hydrogen-bond acceptors (Lipinski definition) is 33. The summed E-state index contributed by atoms with van der Waals surface area (Å²) in [5.74, 6) is -12.9. The number of carbonyl (C=O) groups excluding carboxylic acids is 15. The zero-order chi connectivity index (χ0) is 71.6. The molecule has 4 bridgehead atoms. The zero-order valence-electron chi connectivity index (χ0n) is 53.3. The minimum atomic E-state index is -4.99. The van der Waals surface area contributed by atoms with Crippen molar-refractivity contribution >= 4 is 197 Å². The number of hydrogen-bond donors (Lipinski definition) is 3. The van der Waals surface area contributed by atoms with E-state index in [1.54, 1.807) is 72.8 Å². The second-order valence-corrected chi connectivity index (χ2v) is 37.7. The summed E-state index contributed by atoms with van der Waals surface area (Å²) < 4.78 is 65.4. The van der Waals surface area contributed by atoms with Gasteiger partial charge in [-0.3, -0.25) is 14.4 Å². The third-order valence-electron chi connectivity index (χ3n) is 15.4. The maximum absolute atomic E-state index is 14.0. The monoisotopic (exact) mass is 1800 g/mol. The number of nitrogens with one attached hydrogen (secondary N) is 3. The molecule has 8 aliphatic heterocycles. The Hall–Kier alpha value is -7.83. The number of anilines is 3. The van der Waals surface area contributed by atoms with Crippen LogP contribution in [0.2, 0.25) is 0 Å². The molecule has 8 saturated heterocycles. The summed E-state index contributed by atoms with van der Waals surface area (Å²) in [5, 5.41) is 7.88. The van der Waals surface area contributed by atoms with Gasteiger partial charge in [-0.2, -0.15) is 0 Å². The van der Waals surface area contributed by atoms with Gasteiger partial charge in [-0.05, 0) is 18.2 Å². The van der Waals surface area contributed by atoms with Crippen molar-refractivity contribution in [3.05, 3.63) is 127 Å². The molecule has 522 valence electrons. The summed E-state index contributed by atoms with van der Waals surface area (Å²) in [5.41, 5.74) is 3.04. The molecule has 0 unspecified atom stereocenters. The molecule has 11 rings (SSSR count). The summed E-state index contributed by atoms with van der Waals surface area (Å²) in [4.78, 5) is 206. The standard InChI is InChI=1S/3C20H25N3O9.4In/c3*1-2-16(24)21-14-5-3-13(4-6-14)7-15(23(11-19(29)30)12-20(31)32)8-22(9-17(25)26)10-18(27)28;;;;/h3*2-6,15H,1,7-12H2,(H,21,24)(H,25,26)(H,27,28)(H,29,30)(H,31,32);;;;/q;;;4*+3/p-12/t3*15-;;;;/m100..../s1. The number of carbonyl (C=O) groups is 15. The van der Waals surface area contributed by atoms with E-state index < -0.39 is 277 Å². The molecule has 8 aliphatic rings. The van der Waals surface area contributed by atoms with Crippen LogP contribution in [0.4, 0.5) is 17.1 Å². The Morgan fingerprint density at radius 2 is 0.790 bits per heavy atom. The van der Waals surface area contributed by atoms with Crippen LogP contribution < -0.4 is 16.0 Å². The van der Waals surface area contributed by atoms with E-state index in [1.807, 2.05) is 0 Å². The van der Waals surface area contributed by atoms with Gasteiger partial charge in [0.15, 0.2) is 0 Å². The molecule has 3 N–H and O–H groups in total. The maximum atomic E-state index is 14.0. The first-order chi connectivity index (χ1) is 47.8. The zero-order valence-corrected chi connectivity index (χ0v) is 66.4. The Balaban J connectivity index is 0.868. The first-order valence-corrected chi connectivity index (χ1v) is 46.8. The molecule has 0 spiro atoms. The molecule has 40 heteroatoms. The number of nitrogens with zero attached hydrogens (tertiary/aromatic N) is 6. The quantitative estimate of drug-likeness (QED) is 0.0873. The van der Waals surface area contributed by atoms with Crippen LogP contribution in [-0.4, -0.2) is 326 Å². The normalized spacial score (nSPS) is 21.2. The fourth-order valence-corrected chi connectivity index (χ4v) is 22.6. The van der Waals surface area contributed by atoms with Crippen LogP contribution in [0, 0.1) is 0 Å². The van der Waals surface area contributed by atoms with E-state index in [4.69, 9.17) is 34.3 Å². The Morgan fingerprint density at radius 3 is 1.23 bits per heavy atom. The predicted molar refractivity (Wildman–Crippen MR) is 338 cm³/mol. The molecule has 0 aromatic heterocycles. The van der Waals surface area contributed by atoms with E-state index in [2.05, 4.69) is 35.7 Å². The third-order valence-corrected chi connectivity index (χ3v) is 31.0. The molecule has 36 nitrogen and oxygen atoms in total. The predicted octanol–water partition coefficient (Wildman–Crippen LogP) is -3.45. The molecular formula is C60H63In4N9O27. The van der Waals surface area contributed by atoms with E-state index in [-0.39, 0.29) is 38.9 Å². The molecule has 3 aromatic rings. The van der Waals surface area contributed by atoms with Crippen molar-refractivity contribution in [1.82, 2.24) is 29.4 Å². The van der Waals surface area contributed by atoms with Crippen molar-refractivity contribution in [2.45, 2.75) is 37.4 Å². The Morgan fingerprint density at radius 1 is 0.430 bits per heavy atom. The van der Waals surface area contributed by atoms with Crippen LogP contribution in [0.1, 0.15) is 16.7 Å². The summed E-state index contributed by atoms with van der Waals surface area (Å²) in [6.07, 6.45) is 3.38. The van der Waals surface area contributed by atoms with E-state index in [9.17, 15) is 71.9 Å². The number of benzene rings is 3. The molecule has 0 saturated carbocycles. The minimum absolute atomic E-state index is 0.0162. The number of rotatable bonds is 21. The van der Waals surface area contributed by atoms with E-state index in [0.29, 0.717) is 33.8 Å². The first-order valence-electron chi connectivity index (χ1n) is 30.7. The Kier molecular flexibility index (Phi) is 28.0. The van der Waals surface area contributed by atoms with Crippen LogP contribution >= 0.6 is 0 Å². The molecule has 0 radical (unpaired) electrons. The molecule has 8 fully saturated rings. The average molecular weight is 1800 g/mol. The fourth-order valence-electron chi connectivity index (χ4n) is 11.0. The van der Waals surface area contributed by atoms with Gasteiger partial charge in [0.25, 0.3) is 0 Å². The first kappa shape index (κ1) is 76.4. The van der Waals surface area contributed by atoms with Crippen molar-refractivity contribution in [3.63, 3.8) is 0 Å². The van der Waals surface area contributed by atoms with Gasteiger partial charge in [0.05, 0.1) is 0 Å². The fraction of sp³-hybridized carbons (Fsp3) is 0.350. The van der Waals surface area contributed by atoms with Crippen molar-refractivity contribution < 1.29 is 106 Å². The van der Waals surface area contributed by atoms with Gasteiger partial charge in [-0.1, -0.05) is 19.7 Å². The van der Waals surface area contributed by atoms with Gasteiger partial charge >= 0.3 is 560 Å². The van der Waals surface area contributed by atoms with Gasteiger partial charge in [0, 0.05) is 0 Å². The molecule has 3 aromatic carbocycles. The van der Waals surface area contributed by atoms with Crippen molar-refractivity contribution in [2.75, 3.05) is 114 Å². The van der Waals surface area contributed by atoms with Gasteiger partial charge in [-0.15, -0.1) is 0 Å². The van der Waals surface area contributed by atoms with Gasteiger partial charge < -0.3 is 0 Å². The molecule has 8 heterocycles. The van der Waals surface area contributed by atoms with Crippen molar-refractivity contribution in [3.8, 4) is 0 Å². The van der Waals surface area contributed by atoms with Crippen molar-refractivity contribution in [1.29, 1.82) is 0 Å². The SMILES string of the molecule is C=CC(=O)Nc1ccc(C[C@@H]2CN3CC(=O)[O][In]([O]C(=O)C3)[O]C(=O)CN2CC(=O)[O][In]2[O]C(=O)CN(C[C@H](Cc3ccc(NC(=O)C=C)cc3)N3CC(=O)[O][In]([O]C(=O)CN4CC(=O)[O][In]5[O]C(=O)CN(CC(=O)[O]5)[C@@H](Cc5ccc(NC(=O)C=C)cc5)C4)[O]C(=O)C3)CC(=O)[O]2)cc1. The Labute approximate surface area is 606 Å². The summed E-state index contributed by atoms with van der Waals surface area (Å²) in [6, 6.07) is 16.8. The van der Waals surface area contributed by atoms with Crippen LogP contribution in [0.5, 0.6) is 0 Å². The van der Waals surface area contributed by atoms with E-state index in [0.717, 1.165) is 18.2 Å². The van der Waals surface area contributed by atoms with Crippen LogP contribution in [0.15, 0.2) is 111 Å². The van der Waals surface area contributed by atoms with E-state index in [1.165, 1.54) is 29.4 Å². The molecule has 3 atom stereocenters. The summed E-state index contributed by atoms with van der Waals surface area (Å²) >= 11 is -19.1. The van der Waals surface area contributed by atoms with Crippen LogP contribution in [-0.2, 0) is 125 Å². The van der Waals surface area contributed by atoms with Crippen molar-refractivity contribution in [2.24, 2.45) is 0 Å². The molecule has 100 heavy (non-hydrogen) atoms. The second-order valence-electron chi connectivity index (χ2n) is 23.0. The van der Waals surface area contributed by atoms with E-state index >= 15 is 0 Å². The third kappa shape index (κ3) is 24.2. The number of amides is 3. The Bertz CT molecular complexity index is 3620. The topological polar surface area (TPSA) is 422 Å². The average Bonchev–Trinajstić information content (AvgIpc) is 1.40. The van der Waals surface area contributed by atoms with Gasteiger partial charge in [0.1, 0.15) is 0 Å². The molecule has 0 aliphatic carbocycles. The molecule has 3 amide bonds. The van der Waals surface area contributed by atoms with Gasteiger partial charge in [-0.25, -0.2) is 0 Å². The van der Waals surface area contributed by atoms with Crippen LogP contribution in [0.25, 0.3) is 0 Å². The van der Waals surface area contributed by atoms with Crippen LogP contribution in [0.3, 0.4) is 0 Å². The number of fused-ring (bicyclic) bond motifs is 18. The summed E-state index contributed by atoms with van der Waals surface area (Å²) in [7, 11) is 0. The molecular weight excluding hydrogens is 1740 g/mol. The van der Waals surface area contributed by atoms with Gasteiger partial charge in [0.2, 0.25) is 0 Å². The summed E-state index contributed by atoms with van der Waals surface area (Å²) in [6.45, 7) is 2.80. The second kappa shape index (κ2) is 36.7.